The third-order valence-corrected chi connectivity index (χ3v) is 7.64. The Hall–Kier alpha value is -4.35. The summed E-state index contributed by atoms with van der Waals surface area (Å²) in [5.41, 5.74) is 8.05. The minimum absolute atomic E-state index is 0.808. The molecule has 0 aliphatic carbocycles. The van der Waals surface area contributed by atoms with Crippen LogP contribution in [0.25, 0.3) is 5.57 Å². The Balaban J connectivity index is 0.00000111. The van der Waals surface area contributed by atoms with Crippen LogP contribution in [0.15, 0.2) is 115 Å². The smallest absolute Gasteiger partial charge is 0.133 e. The highest BCUT2D eigenvalue weighted by Gasteiger charge is 2.28. The van der Waals surface area contributed by atoms with Gasteiger partial charge in [0.25, 0.3) is 0 Å². The van der Waals surface area contributed by atoms with E-state index in [1.54, 1.807) is 0 Å². The highest BCUT2D eigenvalue weighted by Crippen LogP contribution is 2.34. The van der Waals surface area contributed by atoms with Gasteiger partial charge in [-0.15, -0.1) is 0 Å². The number of hydrogen-bond acceptors (Lipinski definition) is 9. The van der Waals surface area contributed by atoms with Crippen molar-refractivity contribution in [1.29, 1.82) is 0 Å². The number of benzene rings is 4. The summed E-state index contributed by atoms with van der Waals surface area (Å²) in [5, 5.41) is 12.3. The molecule has 0 saturated carbocycles. The zero-order valence-corrected chi connectivity index (χ0v) is 29.0. The van der Waals surface area contributed by atoms with E-state index >= 15 is 0 Å². The third kappa shape index (κ3) is 10.6. The molecule has 2 N–H and O–H groups in total. The van der Waals surface area contributed by atoms with Crippen molar-refractivity contribution in [2.75, 3.05) is 76.0 Å². The lowest BCUT2D eigenvalue weighted by Crippen LogP contribution is -2.58. The summed E-state index contributed by atoms with van der Waals surface area (Å²) in [5.74, 6) is 0. The van der Waals surface area contributed by atoms with Gasteiger partial charge in [0, 0.05) is 79.1 Å². The van der Waals surface area contributed by atoms with Gasteiger partial charge in [0.1, 0.15) is 5.60 Å². The number of allylic oxidation sites excluding steroid dienone is 2. The number of halogens is 1. The predicted octanol–water partition coefficient (Wildman–Crippen LogP) is 2.75. The Morgan fingerprint density at radius 2 is 0.787 bits per heavy atom. The molecule has 0 spiro atoms. The molecule has 10 heteroatoms. The molecule has 0 fully saturated rings. The molecule has 0 aromatic heterocycles. The van der Waals surface area contributed by atoms with E-state index in [0.29, 0.717) is 0 Å². The Labute approximate surface area is 280 Å². The zero-order valence-electron chi connectivity index (χ0n) is 28.3. The van der Waals surface area contributed by atoms with Gasteiger partial charge in [0.2, 0.25) is 0 Å². The number of rotatable bonds is 10. The monoisotopic (exact) mass is 660 g/mol. The van der Waals surface area contributed by atoms with Gasteiger partial charge in [-0.3, -0.25) is 0 Å². The van der Waals surface area contributed by atoms with Crippen molar-refractivity contribution in [3.05, 3.63) is 138 Å². The fraction of sp³-hybridized carbons (Fsp3) is 0.243. The molecule has 250 valence electrons. The lowest BCUT2D eigenvalue weighted by molar-refractivity contribution is -1.92. The molecule has 0 aliphatic rings. The maximum Gasteiger partial charge on any atom is 0.133 e. The lowest BCUT2D eigenvalue weighted by atomic mass is 9.85. The SMILES string of the molecule is CN(C)c1ccc(C(=C/C=C/C(O)(c2ccc(N(C)C)cc2)c2ccc(N(C)C)cc2)c2ccc(N(C)C)cc2)cc1.[O-][Cl+3]([O-])([O-])O. The molecular formula is C37H45ClN4O5. The fourth-order valence-corrected chi connectivity index (χ4v) is 4.91. The molecule has 0 amide bonds. The van der Waals surface area contributed by atoms with Gasteiger partial charge in [-0.1, -0.05) is 60.7 Å². The molecule has 0 heterocycles. The van der Waals surface area contributed by atoms with Gasteiger partial charge in [-0.25, -0.2) is 0 Å². The first-order valence-electron chi connectivity index (χ1n) is 14.9. The number of hydrogen-bond donors (Lipinski definition) is 2. The minimum Gasteiger partial charge on any atom is -0.378 e. The molecule has 9 nitrogen and oxygen atoms in total. The van der Waals surface area contributed by atoms with Crippen LogP contribution < -0.4 is 33.6 Å². The number of aliphatic hydroxyl groups is 1. The first-order valence-corrected chi connectivity index (χ1v) is 16.1. The van der Waals surface area contributed by atoms with E-state index in [4.69, 9.17) is 18.6 Å². The quantitative estimate of drug-likeness (QED) is 0.247. The average molecular weight is 661 g/mol. The summed E-state index contributed by atoms with van der Waals surface area (Å²) in [4.78, 5) is 8.32. The summed E-state index contributed by atoms with van der Waals surface area (Å²) in [6.07, 6.45) is 5.97. The van der Waals surface area contributed by atoms with E-state index in [9.17, 15) is 5.11 Å². The van der Waals surface area contributed by atoms with Gasteiger partial charge < -0.3 is 24.7 Å². The van der Waals surface area contributed by atoms with Crippen molar-refractivity contribution < 1.29 is 34.0 Å². The maximum atomic E-state index is 12.3. The van der Waals surface area contributed by atoms with Crippen molar-refractivity contribution in [1.82, 2.24) is 0 Å². The second-order valence-corrected chi connectivity index (χ2v) is 12.7. The van der Waals surface area contributed by atoms with Crippen LogP contribution in [0, 0.1) is 10.2 Å². The van der Waals surface area contributed by atoms with Gasteiger partial charge in [-0.2, -0.15) is 14.0 Å². The molecule has 0 saturated heterocycles. The van der Waals surface area contributed by atoms with E-state index in [0.717, 1.165) is 50.6 Å². The van der Waals surface area contributed by atoms with Crippen LogP contribution in [0.3, 0.4) is 0 Å². The second-order valence-electron chi connectivity index (χ2n) is 11.9. The van der Waals surface area contributed by atoms with Gasteiger partial charge in [0.15, 0.2) is 0 Å². The summed E-state index contributed by atoms with van der Waals surface area (Å²) >= 11 is 0. The number of nitrogens with zero attached hydrogens (tertiary/aromatic N) is 4. The Morgan fingerprint density at radius 3 is 1.04 bits per heavy atom. The highest BCUT2D eigenvalue weighted by molar-refractivity contribution is 5.82. The fourth-order valence-electron chi connectivity index (χ4n) is 4.91. The van der Waals surface area contributed by atoms with E-state index in [-0.39, 0.29) is 0 Å². The standard InChI is InChI=1S/C37H44N4O.ClHO4/c1-38(2)32-19-11-28(12-20-32)36(29-13-21-33(22-14-29)39(3)4)10-9-27-37(42,30-15-23-34(24-16-30)40(5)6)31-17-25-35(26-18-31)41(7)8;2-1(3,4)5/h9-27,42H,1-8H3;(H,2,3,4,5)/b27-9+;. The van der Waals surface area contributed by atoms with Gasteiger partial charge in [0.05, 0.1) is 14.9 Å². The molecular weight excluding hydrogens is 616 g/mol. The molecule has 0 unspecified atom stereocenters. The summed E-state index contributed by atoms with van der Waals surface area (Å²) in [6, 6.07) is 33.3. The topological polar surface area (TPSA) is 123 Å². The maximum absolute atomic E-state index is 12.3. The summed E-state index contributed by atoms with van der Waals surface area (Å²) in [6.45, 7) is 0. The molecule has 0 bridgehead atoms. The molecule has 4 rings (SSSR count). The normalized spacial score (nSPS) is 11.4. The molecule has 0 atom stereocenters. The Morgan fingerprint density at radius 1 is 0.532 bits per heavy atom. The lowest BCUT2D eigenvalue weighted by Gasteiger charge is -2.27. The summed E-state index contributed by atoms with van der Waals surface area (Å²) in [7, 11) is 11.6. The van der Waals surface area contributed by atoms with Crippen LogP contribution in [0.1, 0.15) is 22.3 Å². The van der Waals surface area contributed by atoms with Crippen LogP contribution in [0.2, 0.25) is 0 Å². The Kier molecular flexibility index (Phi) is 12.6. The third-order valence-electron chi connectivity index (χ3n) is 7.64. The largest absolute Gasteiger partial charge is 0.378 e. The van der Waals surface area contributed by atoms with E-state index in [1.165, 1.54) is 0 Å². The van der Waals surface area contributed by atoms with E-state index in [2.05, 4.69) is 74.2 Å². The van der Waals surface area contributed by atoms with Crippen molar-refractivity contribution in [3.8, 4) is 0 Å². The molecule has 4 aromatic rings. The van der Waals surface area contributed by atoms with Crippen LogP contribution in [-0.4, -0.2) is 66.1 Å². The molecule has 0 radical (unpaired) electrons. The van der Waals surface area contributed by atoms with Gasteiger partial charge >= 0.3 is 0 Å². The van der Waals surface area contributed by atoms with Crippen molar-refractivity contribution in [2.24, 2.45) is 0 Å². The first-order chi connectivity index (χ1) is 22.0. The summed E-state index contributed by atoms with van der Waals surface area (Å²) < 4.78 is 32.7. The van der Waals surface area contributed by atoms with Crippen molar-refractivity contribution in [3.63, 3.8) is 0 Å². The second kappa shape index (κ2) is 16.0. The van der Waals surface area contributed by atoms with Crippen molar-refractivity contribution >= 4 is 28.3 Å². The van der Waals surface area contributed by atoms with Crippen LogP contribution in [-0.2, 0) is 5.60 Å². The van der Waals surface area contributed by atoms with Crippen LogP contribution in [0.4, 0.5) is 22.7 Å². The van der Waals surface area contributed by atoms with Crippen LogP contribution in [0.5, 0.6) is 0 Å². The van der Waals surface area contributed by atoms with Crippen molar-refractivity contribution in [2.45, 2.75) is 5.60 Å². The minimum atomic E-state index is -4.69. The molecule has 47 heavy (non-hydrogen) atoms. The number of anilines is 4. The average Bonchev–Trinajstić information content (AvgIpc) is 3.02. The molecule has 4 aromatic carbocycles. The molecule has 0 aliphatic heterocycles. The van der Waals surface area contributed by atoms with Gasteiger partial charge in [-0.05, 0) is 82.4 Å². The van der Waals surface area contributed by atoms with E-state index in [1.807, 2.05) is 117 Å². The highest BCUT2D eigenvalue weighted by atomic mass is 35.7. The first kappa shape index (κ1) is 37.1. The predicted molar refractivity (Wildman–Crippen MR) is 185 cm³/mol. The van der Waals surface area contributed by atoms with Crippen LogP contribution >= 0.6 is 0 Å². The zero-order chi connectivity index (χ0) is 34.9. The Bertz CT molecular complexity index is 1500. The van der Waals surface area contributed by atoms with E-state index < -0.39 is 15.8 Å².